The van der Waals surface area contributed by atoms with Crippen LogP contribution in [0.3, 0.4) is 0 Å². The maximum atomic E-state index is 9.12. The van der Waals surface area contributed by atoms with Gasteiger partial charge in [0.15, 0.2) is 0 Å². The van der Waals surface area contributed by atoms with Crippen LogP contribution in [0.5, 0.6) is 0 Å². The van der Waals surface area contributed by atoms with Crippen molar-refractivity contribution in [2.24, 2.45) is 0 Å². The van der Waals surface area contributed by atoms with Crippen LogP contribution >= 0.6 is 35.6 Å². The highest BCUT2D eigenvalue weighted by Crippen LogP contribution is 2.34. The van der Waals surface area contributed by atoms with Crippen molar-refractivity contribution < 1.29 is 5.11 Å². The van der Waals surface area contributed by atoms with Crippen molar-refractivity contribution in [1.82, 2.24) is 0 Å². The Balaban J connectivity index is 2.88. The first-order valence-corrected chi connectivity index (χ1v) is 5.43. The standard InChI is InChI=1S/C9H7ClOS2/c10-7-3-8(12)9-5(1-2-13-9)6(7)4-11/h1-3,11-12H,4H2. The van der Waals surface area contributed by atoms with E-state index in [1.807, 2.05) is 11.4 Å². The third-order valence-electron chi connectivity index (χ3n) is 1.93. The third kappa shape index (κ3) is 1.46. The number of aliphatic hydroxyl groups excluding tert-OH is 1. The first-order valence-electron chi connectivity index (χ1n) is 3.72. The fourth-order valence-corrected chi connectivity index (χ4v) is 2.90. The highest BCUT2D eigenvalue weighted by Gasteiger charge is 2.08. The molecule has 1 heterocycles. The maximum absolute atomic E-state index is 9.12. The average molecular weight is 231 g/mol. The molecule has 1 nitrogen and oxygen atoms in total. The summed E-state index contributed by atoms with van der Waals surface area (Å²) < 4.78 is 1.08. The van der Waals surface area contributed by atoms with Crippen molar-refractivity contribution in [3.8, 4) is 0 Å². The molecule has 0 radical (unpaired) electrons. The molecule has 0 aliphatic rings. The van der Waals surface area contributed by atoms with E-state index < -0.39 is 0 Å². The van der Waals surface area contributed by atoms with Gasteiger partial charge < -0.3 is 5.11 Å². The number of rotatable bonds is 1. The fourth-order valence-electron chi connectivity index (χ4n) is 1.31. The van der Waals surface area contributed by atoms with Gasteiger partial charge in [-0.25, -0.2) is 0 Å². The van der Waals surface area contributed by atoms with E-state index in [4.69, 9.17) is 16.7 Å². The number of aliphatic hydroxyl groups is 1. The monoisotopic (exact) mass is 230 g/mol. The zero-order valence-electron chi connectivity index (χ0n) is 6.62. The Labute approximate surface area is 90.4 Å². The summed E-state index contributed by atoms with van der Waals surface area (Å²) in [6.45, 7) is -0.0277. The smallest absolute Gasteiger partial charge is 0.0702 e. The van der Waals surface area contributed by atoms with Crippen LogP contribution in [0.2, 0.25) is 5.02 Å². The van der Waals surface area contributed by atoms with Crippen LogP contribution in [-0.4, -0.2) is 5.11 Å². The van der Waals surface area contributed by atoms with Crippen LogP contribution in [0.1, 0.15) is 5.56 Å². The van der Waals surface area contributed by atoms with Gasteiger partial charge in [-0.1, -0.05) is 11.6 Å². The van der Waals surface area contributed by atoms with Crippen molar-refractivity contribution in [2.75, 3.05) is 0 Å². The molecule has 1 aromatic heterocycles. The predicted octanol–water partition coefficient (Wildman–Crippen LogP) is 3.34. The minimum absolute atomic E-state index is 0.0277. The highest BCUT2D eigenvalue weighted by molar-refractivity contribution is 7.80. The normalized spacial score (nSPS) is 11.0. The third-order valence-corrected chi connectivity index (χ3v) is 3.72. The van der Waals surface area contributed by atoms with Gasteiger partial charge in [0, 0.05) is 25.6 Å². The predicted molar refractivity (Wildman–Crippen MR) is 60.0 cm³/mol. The van der Waals surface area contributed by atoms with Gasteiger partial charge in [-0.05, 0) is 17.5 Å². The Kier molecular flexibility index (Phi) is 2.51. The van der Waals surface area contributed by atoms with E-state index in [0.29, 0.717) is 5.02 Å². The summed E-state index contributed by atoms with van der Waals surface area (Å²) in [7, 11) is 0. The largest absolute Gasteiger partial charge is 0.392 e. The summed E-state index contributed by atoms with van der Waals surface area (Å²) in [5, 5.41) is 12.7. The molecule has 0 amide bonds. The van der Waals surface area contributed by atoms with E-state index in [0.717, 1.165) is 20.5 Å². The van der Waals surface area contributed by atoms with Gasteiger partial charge in [0.2, 0.25) is 0 Å². The van der Waals surface area contributed by atoms with E-state index in [9.17, 15) is 0 Å². The maximum Gasteiger partial charge on any atom is 0.0702 e. The van der Waals surface area contributed by atoms with Crippen LogP contribution in [0, 0.1) is 0 Å². The van der Waals surface area contributed by atoms with E-state index in [2.05, 4.69) is 12.6 Å². The van der Waals surface area contributed by atoms with Crippen LogP contribution in [0.15, 0.2) is 22.4 Å². The second kappa shape index (κ2) is 3.50. The van der Waals surface area contributed by atoms with E-state index in [-0.39, 0.29) is 6.61 Å². The first kappa shape index (κ1) is 9.34. The molecule has 0 unspecified atom stereocenters. The molecule has 68 valence electrons. The van der Waals surface area contributed by atoms with Gasteiger partial charge in [-0.15, -0.1) is 24.0 Å². The molecule has 0 saturated heterocycles. The van der Waals surface area contributed by atoms with Gasteiger partial charge in [-0.2, -0.15) is 0 Å². The molecular formula is C9H7ClOS2. The van der Waals surface area contributed by atoms with Crippen molar-refractivity contribution in [3.05, 3.63) is 28.1 Å². The molecular weight excluding hydrogens is 224 g/mol. The van der Waals surface area contributed by atoms with E-state index in [1.165, 1.54) is 0 Å². The molecule has 13 heavy (non-hydrogen) atoms. The minimum atomic E-state index is -0.0277. The molecule has 0 aliphatic heterocycles. The Morgan fingerprint density at radius 1 is 1.54 bits per heavy atom. The van der Waals surface area contributed by atoms with E-state index in [1.54, 1.807) is 17.4 Å². The van der Waals surface area contributed by atoms with Gasteiger partial charge >= 0.3 is 0 Å². The number of hydrogen-bond acceptors (Lipinski definition) is 3. The minimum Gasteiger partial charge on any atom is -0.392 e. The molecule has 4 heteroatoms. The van der Waals surface area contributed by atoms with Crippen LogP contribution in [0.4, 0.5) is 0 Å². The van der Waals surface area contributed by atoms with Crippen LogP contribution < -0.4 is 0 Å². The summed E-state index contributed by atoms with van der Waals surface area (Å²) in [6.07, 6.45) is 0. The van der Waals surface area contributed by atoms with Gasteiger partial charge in [0.05, 0.1) is 6.61 Å². The Bertz CT molecular complexity index is 450. The molecule has 2 aromatic rings. The number of halogens is 1. The molecule has 1 N–H and O–H groups in total. The molecule has 0 spiro atoms. The second-order valence-electron chi connectivity index (χ2n) is 2.68. The zero-order chi connectivity index (χ0) is 9.42. The zero-order valence-corrected chi connectivity index (χ0v) is 9.09. The summed E-state index contributed by atoms with van der Waals surface area (Å²) in [6, 6.07) is 3.73. The number of thiophene rings is 1. The summed E-state index contributed by atoms with van der Waals surface area (Å²) >= 11 is 11.9. The van der Waals surface area contributed by atoms with Crippen molar-refractivity contribution >= 4 is 45.7 Å². The lowest BCUT2D eigenvalue weighted by Gasteiger charge is -2.04. The molecule has 0 saturated carbocycles. The lowest BCUT2D eigenvalue weighted by Crippen LogP contribution is -1.86. The second-order valence-corrected chi connectivity index (χ2v) is 4.48. The lowest BCUT2D eigenvalue weighted by atomic mass is 10.1. The highest BCUT2D eigenvalue weighted by atomic mass is 35.5. The van der Waals surface area contributed by atoms with Crippen molar-refractivity contribution in [2.45, 2.75) is 11.5 Å². The molecule has 0 bridgehead atoms. The molecule has 0 aliphatic carbocycles. The Morgan fingerprint density at radius 2 is 2.31 bits per heavy atom. The summed E-state index contributed by atoms with van der Waals surface area (Å²) in [4.78, 5) is 0.868. The Morgan fingerprint density at radius 3 is 3.00 bits per heavy atom. The average Bonchev–Trinajstić information content (AvgIpc) is 2.53. The van der Waals surface area contributed by atoms with E-state index >= 15 is 0 Å². The SMILES string of the molecule is OCc1c(Cl)cc(S)c2sccc12. The first-order chi connectivity index (χ1) is 6.24. The van der Waals surface area contributed by atoms with Crippen LogP contribution in [0.25, 0.3) is 10.1 Å². The Hall–Kier alpha value is -0.220. The molecule has 0 fully saturated rings. The number of fused-ring (bicyclic) bond motifs is 1. The topological polar surface area (TPSA) is 20.2 Å². The summed E-state index contributed by atoms with van der Waals surface area (Å²) in [5.41, 5.74) is 0.788. The van der Waals surface area contributed by atoms with Crippen molar-refractivity contribution in [1.29, 1.82) is 0 Å². The molecule has 2 rings (SSSR count). The van der Waals surface area contributed by atoms with Crippen molar-refractivity contribution in [3.63, 3.8) is 0 Å². The lowest BCUT2D eigenvalue weighted by molar-refractivity contribution is 0.283. The number of hydrogen-bond donors (Lipinski definition) is 2. The van der Waals surface area contributed by atoms with Gasteiger partial charge in [0.1, 0.15) is 0 Å². The molecule has 1 aromatic carbocycles. The molecule has 0 atom stereocenters. The van der Waals surface area contributed by atoms with Crippen LogP contribution in [-0.2, 0) is 6.61 Å². The van der Waals surface area contributed by atoms with Gasteiger partial charge in [-0.3, -0.25) is 0 Å². The number of thiol groups is 1. The number of benzene rings is 1. The quantitative estimate of drug-likeness (QED) is 0.720. The summed E-state index contributed by atoms with van der Waals surface area (Å²) in [5.74, 6) is 0. The van der Waals surface area contributed by atoms with Gasteiger partial charge in [0.25, 0.3) is 0 Å². The fraction of sp³-hybridized carbons (Fsp3) is 0.111.